The molecule has 1 amide bonds. The maximum Gasteiger partial charge on any atom is 0.238 e. The fourth-order valence-electron chi connectivity index (χ4n) is 2.10. The van der Waals surface area contributed by atoms with Crippen LogP contribution in [0.3, 0.4) is 0 Å². The molecule has 0 bridgehead atoms. The highest BCUT2D eigenvalue weighted by Crippen LogP contribution is 2.20. The topological polar surface area (TPSA) is 32.3 Å². The molecule has 92 valence electrons. The minimum absolute atomic E-state index is 0.0809. The first kappa shape index (κ1) is 12.6. The maximum absolute atomic E-state index is 11.8. The van der Waals surface area contributed by atoms with Crippen LogP contribution in [0.1, 0.15) is 18.4 Å². The molecule has 3 nitrogen and oxygen atoms in total. The first-order valence-electron chi connectivity index (χ1n) is 5.93. The quantitative estimate of drug-likeness (QED) is 0.930. The van der Waals surface area contributed by atoms with Gasteiger partial charge in [0.15, 0.2) is 0 Å². The molecule has 1 fully saturated rings. The van der Waals surface area contributed by atoms with Gasteiger partial charge in [-0.2, -0.15) is 0 Å². The number of rotatable bonds is 3. The predicted octanol–water partition coefficient (Wildman–Crippen LogP) is 2.79. The number of carbonyl (C=O) groups is 1. The number of halogens is 1. The van der Waals surface area contributed by atoms with E-state index in [1.165, 1.54) is 12.8 Å². The van der Waals surface area contributed by atoms with Crippen molar-refractivity contribution in [3.8, 4) is 0 Å². The number of aryl methyl sites for hydroxylation is 1. The summed E-state index contributed by atoms with van der Waals surface area (Å²) >= 11 is 3.41. The zero-order chi connectivity index (χ0) is 12.3. The fourth-order valence-corrected chi connectivity index (χ4v) is 2.58. The second-order valence-electron chi connectivity index (χ2n) is 4.49. The predicted molar refractivity (Wildman–Crippen MR) is 73.2 cm³/mol. The molecule has 1 aromatic carbocycles. The van der Waals surface area contributed by atoms with Crippen LogP contribution in [0.15, 0.2) is 22.7 Å². The van der Waals surface area contributed by atoms with Gasteiger partial charge in [0.1, 0.15) is 0 Å². The average Bonchev–Trinajstić information content (AvgIpc) is 2.75. The van der Waals surface area contributed by atoms with E-state index >= 15 is 0 Å². The number of benzene rings is 1. The first-order chi connectivity index (χ1) is 8.15. The Labute approximate surface area is 110 Å². The van der Waals surface area contributed by atoms with Crippen molar-refractivity contribution in [2.45, 2.75) is 19.8 Å². The van der Waals surface area contributed by atoms with Crippen molar-refractivity contribution >= 4 is 27.5 Å². The Bertz CT molecular complexity index is 414. The summed E-state index contributed by atoms with van der Waals surface area (Å²) in [7, 11) is 0. The van der Waals surface area contributed by atoms with Gasteiger partial charge in [-0.1, -0.05) is 15.9 Å². The fraction of sp³-hybridized carbons (Fsp3) is 0.462. The van der Waals surface area contributed by atoms with Crippen molar-refractivity contribution in [1.29, 1.82) is 0 Å². The van der Waals surface area contributed by atoms with E-state index in [2.05, 4.69) is 26.1 Å². The highest BCUT2D eigenvalue weighted by molar-refractivity contribution is 9.10. The van der Waals surface area contributed by atoms with Crippen LogP contribution in [0.5, 0.6) is 0 Å². The van der Waals surface area contributed by atoms with Gasteiger partial charge >= 0.3 is 0 Å². The lowest BCUT2D eigenvalue weighted by Gasteiger charge is -2.15. The lowest BCUT2D eigenvalue weighted by molar-refractivity contribution is -0.117. The third-order valence-corrected chi connectivity index (χ3v) is 3.52. The summed E-state index contributed by atoms with van der Waals surface area (Å²) in [6.45, 7) is 4.60. The van der Waals surface area contributed by atoms with Gasteiger partial charge in [0.05, 0.1) is 6.54 Å². The van der Waals surface area contributed by atoms with Crippen LogP contribution < -0.4 is 5.32 Å². The van der Waals surface area contributed by atoms with Gasteiger partial charge in [-0.15, -0.1) is 0 Å². The Balaban J connectivity index is 1.93. The molecule has 0 atom stereocenters. The van der Waals surface area contributed by atoms with E-state index < -0.39 is 0 Å². The molecular formula is C13H17BrN2O. The van der Waals surface area contributed by atoms with Gasteiger partial charge in [0.2, 0.25) is 5.91 Å². The monoisotopic (exact) mass is 296 g/mol. The Hall–Kier alpha value is -0.870. The van der Waals surface area contributed by atoms with Crippen molar-refractivity contribution in [1.82, 2.24) is 4.90 Å². The van der Waals surface area contributed by atoms with Crippen LogP contribution in [-0.4, -0.2) is 30.4 Å². The average molecular weight is 297 g/mol. The van der Waals surface area contributed by atoms with Crippen LogP contribution >= 0.6 is 15.9 Å². The molecular weight excluding hydrogens is 280 g/mol. The number of likely N-dealkylation sites (tertiary alicyclic amines) is 1. The van der Waals surface area contributed by atoms with Crippen LogP contribution in [0.25, 0.3) is 0 Å². The summed E-state index contributed by atoms with van der Waals surface area (Å²) in [4.78, 5) is 14.0. The van der Waals surface area contributed by atoms with Crippen molar-refractivity contribution in [3.05, 3.63) is 28.2 Å². The second kappa shape index (κ2) is 5.65. The zero-order valence-electron chi connectivity index (χ0n) is 10.0. The van der Waals surface area contributed by atoms with E-state index in [4.69, 9.17) is 0 Å². The Morgan fingerprint density at radius 2 is 2.12 bits per heavy atom. The summed E-state index contributed by atoms with van der Waals surface area (Å²) in [6.07, 6.45) is 2.43. The summed E-state index contributed by atoms with van der Waals surface area (Å²) < 4.78 is 1.03. The number of nitrogens with one attached hydrogen (secondary N) is 1. The van der Waals surface area contributed by atoms with Crippen LogP contribution in [0.2, 0.25) is 0 Å². The number of hydrogen-bond acceptors (Lipinski definition) is 2. The minimum atomic E-state index is 0.0809. The molecule has 1 aliphatic heterocycles. The summed E-state index contributed by atoms with van der Waals surface area (Å²) in [5.74, 6) is 0.0809. The summed E-state index contributed by atoms with van der Waals surface area (Å²) in [5, 5.41) is 2.96. The van der Waals surface area contributed by atoms with Crippen LogP contribution in [0, 0.1) is 6.92 Å². The second-order valence-corrected chi connectivity index (χ2v) is 5.41. The molecule has 0 aromatic heterocycles. The molecule has 0 spiro atoms. The number of anilines is 1. The molecule has 1 aromatic rings. The Kier molecular flexibility index (Phi) is 4.18. The molecule has 4 heteroatoms. The van der Waals surface area contributed by atoms with E-state index in [0.29, 0.717) is 6.54 Å². The third kappa shape index (κ3) is 3.54. The molecule has 1 saturated heterocycles. The Morgan fingerprint density at radius 3 is 2.76 bits per heavy atom. The number of carbonyl (C=O) groups excluding carboxylic acids is 1. The molecule has 0 aliphatic carbocycles. The van der Waals surface area contributed by atoms with E-state index in [0.717, 1.165) is 28.8 Å². The molecule has 1 N–H and O–H groups in total. The molecule has 1 heterocycles. The SMILES string of the molecule is Cc1cc(Br)ccc1NC(=O)CN1CCCC1. The molecule has 0 saturated carbocycles. The first-order valence-corrected chi connectivity index (χ1v) is 6.73. The van der Waals surface area contributed by atoms with Crippen molar-refractivity contribution in [2.24, 2.45) is 0 Å². The smallest absolute Gasteiger partial charge is 0.238 e. The molecule has 0 unspecified atom stereocenters. The van der Waals surface area contributed by atoms with Crippen LogP contribution in [0.4, 0.5) is 5.69 Å². The van der Waals surface area contributed by atoms with E-state index in [1.807, 2.05) is 25.1 Å². The van der Waals surface area contributed by atoms with Crippen molar-refractivity contribution in [3.63, 3.8) is 0 Å². The van der Waals surface area contributed by atoms with E-state index in [-0.39, 0.29) is 5.91 Å². The molecule has 1 aliphatic rings. The number of nitrogens with zero attached hydrogens (tertiary/aromatic N) is 1. The van der Waals surface area contributed by atoms with Crippen molar-refractivity contribution < 1.29 is 4.79 Å². The Morgan fingerprint density at radius 1 is 1.41 bits per heavy atom. The lowest BCUT2D eigenvalue weighted by atomic mass is 10.2. The van der Waals surface area contributed by atoms with E-state index in [9.17, 15) is 4.79 Å². The van der Waals surface area contributed by atoms with E-state index in [1.54, 1.807) is 0 Å². The largest absolute Gasteiger partial charge is 0.325 e. The molecule has 2 rings (SSSR count). The highest BCUT2D eigenvalue weighted by atomic mass is 79.9. The minimum Gasteiger partial charge on any atom is -0.325 e. The third-order valence-electron chi connectivity index (χ3n) is 3.03. The van der Waals surface area contributed by atoms with Crippen LogP contribution in [-0.2, 0) is 4.79 Å². The van der Waals surface area contributed by atoms with Gasteiger partial charge in [-0.3, -0.25) is 9.69 Å². The normalized spacial score (nSPS) is 16.1. The van der Waals surface area contributed by atoms with Gasteiger partial charge in [-0.05, 0) is 56.6 Å². The zero-order valence-corrected chi connectivity index (χ0v) is 11.6. The highest BCUT2D eigenvalue weighted by Gasteiger charge is 2.15. The standard InChI is InChI=1S/C13H17BrN2O/c1-10-8-11(14)4-5-12(10)15-13(17)9-16-6-2-3-7-16/h4-5,8H,2-3,6-7,9H2,1H3,(H,15,17). The molecule has 17 heavy (non-hydrogen) atoms. The van der Waals surface area contributed by atoms with Gasteiger partial charge in [0.25, 0.3) is 0 Å². The lowest BCUT2D eigenvalue weighted by Crippen LogP contribution is -2.31. The van der Waals surface area contributed by atoms with Gasteiger partial charge in [0, 0.05) is 10.2 Å². The number of amides is 1. The van der Waals surface area contributed by atoms with Gasteiger partial charge in [-0.25, -0.2) is 0 Å². The summed E-state index contributed by atoms with van der Waals surface area (Å²) in [6, 6.07) is 5.88. The maximum atomic E-state index is 11.8. The van der Waals surface area contributed by atoms with Crippen molar-refractivity contribution in [2.75, 3.05) is 25.0 Å². The summed E-state index contributed by atoms with van der Waals surface area (Å²) in [5.41, 5.74) is 1.98. The molecule has 0 radical (unpaired) electrons. The van der Waals surface area contributed by atoms with Gasteiger partial charge < -0.3 is 5.32 Å². The number of hydrogen-bond donors (Lipinski definition) is 1.